The van der Waals surface area contributed by atoms with Crippen LogP contribution in [0.2, 0.25) is 0 Å². The molecule has 0 bridgehead atoms. The minimum atomic E-state index is 0.125. The lowest BCUT2D eigenvalue weighted by Gasteiger charge is -2.36. The first-order chi connectivity index (χ1) is 12.3. The molecule has 2 aromatic heterocycles. The van der Waals surface area contributed by atoms with Gasteiger partial charge in [-0.3, -0.25) is 9.78 Å². The Morgan fingerprint density at radius 2 is 1.64 bits per heavy atom. The van der Waals surface area contributed by atoms with Crippen molar-refractivity contribution in [3.05, 3.63) is 71.7 Å². The van der Waals surface area contributed by atoms with Crippen molar-refractivity contribution in [1.29, 1.82) is 0 Å². The number of piperazine rings is 1. The lowest BCUT2D eigenvalue weighted by molar-refractivity contribution is 0.0751. The summed E-state index contributed by atoms with van der Waals surface area (Å²) >= 11 is 1.52. The molecule has 4 rings (SSSR count). The zero-order chi connectivity index (χ0) is 17.1. The molecule has 0 N–H and O–H groups in total. The number of aromatic nitrogens is 1. The van der Waals surface area contributed by atoms with Gasteiger partial charge in [0.15, 0.2) is 0 Å². The highest BCUT2D eigenvalue weighted by Crippen LogP contribution is 2.27. The van der Waals surface area contributed by atoms with Gasteiger partial charge in [-0.15, -0.1) is 11.3 Å². The number of rotatable bonds is 3. The summed E-state index contributed by atoms with van der Waals surface area (Å²) in [7, 11) is 0. The molecular weight excluding hydrogens is 330 g/mol. The normalized spacial score (nSPS) is 14.6. The van der Waals surface area contributed by atoms with E-state index in [4.69, 9.17) is 0 Å². The van der Waals surface area contributed by atoms with Crippen LogP contribution in [-0.4, -0.2) is 42.0 Å². The molecule has 0 atom stereocenters. The highest BCUT2D eigenvalue weighted by molar-refractivity contribution is 7.17. The third-order valence-corrected chi connectivity index (χ3v) is 5.52. The maximum absolute atomic E-state index is 12.8. The molecule has 0 aliphatic carbocycles. The monoisotopic (exact) mass is 349 g/mol. The first-order valence-corrected chi connectivity index (χ1v) is 9.23. The lowest BCUT2D eigenvalue weighted by atomic mass is 10.2. The van der Waals surface area contributed by atoms with E-state index in [1.165, 1.54) is 17.0 Å². The molecule has 1 aliphatic rings. The molecule has 0 unspecified atom stereocenters. The number of amides is 1. The van der Waals surface area contributed by atoms with Crippen molar-refractivity contribution in [1.82, 2.24) is 9.88 Å². The zero-order valence-corrected chi connectivity index (χ0v) is 14.7. The van der Waals surface area contributed by atoms with Gasteiger partial charge in [0.05, 0.1) is 15.4 Å². The number of nitrogens with zero attached hydrogens (tertiary/aromatic N) is 3. The number of para-hydroxylation sites is 1. The van der Waals surface area contributed by atoms with Crippen LogP contribution >= 0.6 is 11.3 Å². The molecule has 0 radical (unpaired) electrons. The van der Waals surface area contributed by atoms with Crippen molar-refractivity contribution in [3.8, 4) is 10.6 Å². The standard InChI is InChI=1S/C20H19N3OS/c24-20(19-10-9-18(25-19)17-8-4-5-11-21-17)23-14-12-22(13-15-23)16-6-2-1-3-7-16/h1-11H,12-15H2. The molecule has 0 spiro atoms. The van der Waals surface area contributed by atoms with Crippen LogP contribution in [0, 0.1) is 0 Å². The van der Waals surface area contributed by atoms with Crippen molar-refractivity contribution in [2.24, 2.45) is 0 Å². The van der Waals surface area contributed by atoms with E-state index in [1.54, 1.807) is 6.20 Å². The number of hydrogen-bond donors (Lipinski definition) is 0. The molecule has 3 aromatic rings. The fourth-order valence-electron chi connectivity index (χ4n) is 3.06. The Kier molecular flexibility index (Phi) is 4.48. The van der Waals surface area contributed by atoms with Gasteiger partial charge in [-0.1, -0.05) is 24.3 Å². The average Bonchev–Trinajstić information content (AvgIpc) is 3.19. The molecule has 0 saturated carbocycles. The molecule has 1 saturated heterocycles. The van der Waals surface area contributed by atoms with Gasteiger partial charge in [-0.05, 0) is 36.4 Å². The van der Waals surface area contributed by atoms with E-state index in [1.807, 2.05) is 41.3 Å². The molecular formula is C20H19N3OS. The van der Waals surface area contributed by atoms with E-state index in [0.717, 1.165) is 41.6 Å². The Balaban J connectivity index is 1.42. The predicted octanol–water partition coefficient (Wildman–Crippen LogP) is 3.77. The van der Waals surface area contributed by atoms with Gasteiger partial charge in [0.25, 0.3) is 5.91 Å². The molecule has 1 amide bonds. The molecule has 5 heteroatoms. The summed E-state index contributed by atoms with van der Waals surface area (Å²) < 4.78 is 0. The number of thiophene rings is 1. The number of benzene rings is 1. The minimum Gasteiger partial charge on any atom is -0.368 e. The molecule has 1 fully saturated rings. The maximum Gasteiger partial charge on any atom is 0.264 e. The van der Waals surface area contributed by atoms with Crippen LogP contribution in [0.5, 0.6) is 0 Å². The summed E-state index contributed by atoms with van der Waals surface area (Å²) in [6.45, 7) is 3.25. The predicted molar refractivity (Wildman–Crippen MR) is 102 cm³/mol. The van der Waals surface area contributed by atoms with E-state index in [9.17, 15) is 4.79 Å². The smallest absolute Gasteiger partial charge is 0.264 e. The number of carbonyl (C=O) groups is 1. The largest absolute Gasteiger partial charge is 0.368 e. The van der Waals surface area contributed by atoms with Gasteiger partial charge in [-0.2, -0.15) is 0 Å². The Labute approximate surface area is 151 Å². The Bertz CT molecular complexity index is 840. The number of pyridine rings is 1. The summed E-state index contributed by atoms with van der Waals surface area (Å²) in [6, 6.07) is 20.1. The highest BCUT2D eigenvalue weighted by atomic mass is 32.1. The van der Waals surface area contributed by atoms with Crippen molar-refractivity contribution in [2.75, 3.05) is 31.1 Å². The van der Waals surface area contributed by atoms with Gasteiger partial charge in [-0.25, -0.2) is 0 Å². The second-order valence-corrected chi connectivity index (χ2v) is 7.08. The van der Waals surface area contributed by atoms with Crippen LogP contribution in [0.4, 0.5) is 5.69 Å². The topological polar surface area (TPSA) is 36.4 Å². The first-order valence-electron chi connectivity index (χ1n) is 8.42. The number of anilines is 1. The van der Waals surface area contributed by atoms with E-state index in [2.05, 4.69) is 34.1 Å². The Hall–Kier alpha value is -2.66. The highest BCUT2D eigenvalue weighted by Gasteiger charge is 2.23. The molecule has 4 nitrogen and oxygen atoms in total. The SMILES string of the molecule is O=C(c1ccc(-c2ccccn2)s1)N1CCN(c2ccccc2)CC1. The van der Waals surface area contributed by atoms with E-state index in [-0.39, 0.29) is 5.91 Å². The Morgan fingerprint density at radius 3 is 2.36 bits per heavy atom. The fourth-order valence-corrected chi connectivity index (χ4v) is 4.01. The molecule has 3 heterocycles. The van der Waals surface area contributed by atoms with Crippen LogP contribution < -0.4 is 4.90 Å². The fraction of sp³-hybridized carbons (Fsp3) is 0.200. The lowest BCUT2D eigenvalue weighted by Crippen LogP contribution is -2.48. The van der Waals surface area contributed by atoms with Gasteiger partial charge in [0.1, 0.15) is 0 Å². The molecule has 126 valence electrons. The van der Waals surface area contributed by atoms with E-state index in [0.29, 0.717) is 0 Å². The van der Waals surface area contributed by atoms with Gasteiger partial charge in [0, 0.05) is 38.1 Å². The zero-order valence-electron chi connectivity index (χ0n) is 13.8. The summed E-state index contributed by atoms with van der Waals surface area (Å²) in [4.78, 5) is 23.2. The average molecular weight is 349 g/mol. The third-order valence-electron chi connectivity index (χ3n) is 4.42. The summed E-state index contributed by atoms with van der Waals surface area (Å²) in [6.07, 6.45) is 1.78. The van der Waals surface area contributed by atoms with E-state index < -0.39 is 0 Å². The van der Waals surface area contributed by atoms with Crippen molar-refractivity contribution in [2.45, 2.75) is 0 Å². The summed E-state index contributed by atoms with van der Waals surface area (Å²) in [5, 5.41) is 0. The number of carbonyl (C=O) groups excluding carboxylic acids is 1. The second-order valence-electron chi connectivity index (χ2n) is 5.99. The second kappa shape index (κ2) is 7.07. The first kappa shape index (κ1) is 15.8. The third kappa shape index (κ3) is 3.42. The molecule has 25 heavy (non-hydrogen) atoms. The van der Waals surface area contributed by atoms with Crippen LogP contribution in [-0.2, 0) is 0 Å². The van der Waals surface area contributed by atoms with Crippen molar-refractivity contribution < 1.29 is 4.79 Å². The van der Waals surface area contributed by atoms with Crippen molar-refractivity contribution >= 4 is 22.9 Å². The Morgan fingerprint density at radius 1 is 0.880 bits per heavy atom. The van der Waals surface area contributed by atoms with Crippen LogP contribution in [0.25, 0.3) is 10.6 Å². The summed E-state index contributed by atoms with van der Waals surface area (Å²) in [5.41, 5.74) is 2.14. The van der Waals surface area contributed by atoms with Gasteiger partial charge >= 0.3 is 0 Å². The van der Waals surface area contributed by atoms with Crippen LogP contribution in [0.15, 0.2) is 66.9 Å². The van der Waals surface area contributed by atoms with Crippen LogP contribution in [0.1, 0.15) is 9.67 Å². The minimum absolute atomic E-state index is 0.125. The summed E-state index contributed by atoms with van der Waals surface area (Å²) in [5.74, 6) is 0.125. The van der Waals surface area contributed by atoms with Crippen molar-refractivity contribution in [3.63, 3.8) is 0 Å². The van der Waals surface area contributed by atoms with Crippen LogP contribution in [0.3, 0.4) is 0 Å². The van der Waals surface area contributed by atoms with Gasteiger partial charge in [0.2, 0.25) is 0 Å². The van der Waals surface area contributed by atoms with E-state index >= 15 is 0 Å². The quantitative estimate of drug-likeness (QED) is 0.722. The molecule has 1 aromatic carbocycles. The number of hydrogen-bond acceptors (Lipinski definition) is 4. The molecule has 1 aliphatic heterocycles. The maximum atomic E-state index is 12.8. The van der Waals surface area contributed by atoms with Gasteiger partial charge < -0.3 is 9.80 Å².